The smallest absolute Gasteiger partial charge is 0.320 e. The Kier molecular flexibility index (Phi) is 11.8. The number of esters is 1. The van der Waals surface area contributed by atoms with Crippen LogP contribution in [0.15, 0.2) is 59.7 Å². The van der Waals surface area contributed by atoms with Crippen LogP contribution in [0.1, 0.15) is 72.3 Å². The number of benzene rings is 1. The normalized spacial score (nSPS) is 31.1. The van der Waals surface area contributed by atoms with E-state index in [-0.39, 0.29) is 28.8 Å². The van der Waals surface area contributed by atoms with Crippen LogP contribution < -0.4 is 10.6 Å². The lowest BCUT2D eigenvalue weighted by Crippen LogP contribution is -2.58. The van der Waals surface area contributed by atoms with Crippen LogP contribution in [0.4, 0.5) is 5.69 Å². The Morgan fingerprint density at radius 3 is 2.25 bits per heavy atom. The summed E-state index contributed by atoms with van der Waals surface area (Å²) in [6.07, 6.45) is 8.47. The summed E-state index contributed by atoms with van der Waals surface area (Å²) in [5.74, 6) is 0.665. The number of alkyl halides is 2. The van der Waals surface area contributed by atoms with E-state index in [4.69, 9.17) is 38.8 Å². The van der Waals surface area contributed by atoms with E-state index in [1.54, 1.807) is 0 Å². The SMILES string of the molecule is C=C1C[C@H]2[C@@H]3C=C(C)C4=CC(=O)CC[C@]4(C)[C@H]3CC[C@]2(C)[C@@]1(OC(C)=O)C(C)=O.N[C@@H](Cc1ccc(N(CCCl)CCCl)cc1)C(=O)O. The zero-order chi connectivity index (χ0) is 35.6. The molecule has 0 spiro atoms. The molecular formula is C38H50Cl2N2O6. The molecule has 2 fully saturated rings. The summed E-state index contributed by atoms with van der Waals surface area (Å²) in [7, 11) is 0. The van der Waals surface area contributed by atoms with Crippen molar-refractivity contribution in [3.8, 4) is 0 Å². The van der Waals surface area contributed by atoms with Crippen LogP contribution in [0, 0.1) is 28.6 Å². The van der Waals surface area contributed by atoms with Gasteiger partial charge in [0.05, 0.1) is 0 Å². The number of nitrogens with two attached hydrogens (primary N) is 1. The molecule has 0 aromatic heterocycles. The molecule has 0 heterocycles. The topological polar surface area (TPSA) is 127 Å². The fraction of sp³-hybridized carbons (Fsp3) is 0.579. The minimum absolute atomic E-state index is 0.0109. The Balaban J connectivity index is 0.000000239. The monoisotopic (exact) mass is 700 g/mol. The van der Waals surface area contributed by atoms with Crippen LogP contribution in [-0.2, 0) is 30.3 Å². The Bertz CT molecular complexity index is 1500. The number of carboxylic acid groups (broad SMARTS) is 1. The zero-order valence-corrected chi connectivity index (χ0v) is 30.3. The van der Waals surface area contributed by atoms with Crippen LogP contribution in [-0.4, -0.2) is 65.1 Å². The van der Waals surface area contributed by atoms with Gasteiger partial charge < -0.3 is 20.5 Å². The number of ketones is 2. The second kappa shape index (κ2) is 14.9. The predicted octanol–water partition coefficient (Wildman–Crippen LogP) is 6.67. The van der Waals surface area contributed by atoms with Crippen molar-refractivity contribution in [2.75, 3.05) is 29.7 Å². The number of Topliss-reactive ketones (excluding diaryl/α,β-unsaturated/α-hetero) is 1. The first-order valence-electron chi connectivity index (χ1n) is 16.8. The van der Waals surface area contributed by atoms with E-state index in [2.05, 4.69) is 38.3 Å². The van der Waals surface area contributed by atoms with Crippen molar-refractivity contribution >= 4 is 52.4 Å². The maximum Gasteiger partial charge on any atom is 0.320 e. The van der Waals surface area contributed by atoms with Gasteiger partial charge in [0.2, 0.25) is 0 Å². The Labute approximate surface area is 294 Å². The fourth-order valence-corrected chi connectivity index (χ4v) is 9.66. The largest absolute Gasteiger partial charge is 0.480 e. The van der Waals surface area contributed by atoms with Crippen molar-refractivity contribution < 1.29 is 29.0 Å². The van der Waals surface area contributed by atoms with Crippen molar-refractivity contribution in [2.45, 2.75) is 84.8 Å². The second-order valence-electron chi connectivity index (χ2n) is 14.4. The van der Waals surface area contributed by atoms with E-state index in [1.165, 1.54) is 25.0 Å². The number of hydrogen-bond acceptors (Lipinski definition) is 7. The Hall–Kier alpha value is -2.94. The van der Waals surface area contributed by atoms with Gasteiger partial charge in [0, 0.05) is 49.3 Å². The molecule has 4 aliphatic carbocycles. The number of nitrogens with zero attached hydrogens (tertiary/aromatic N) is 1. The first-order chi connectivity index (χ1) is 22.5. The number of rotatable bonds is 10. The van der Waals surface area contributed by atoms with Gasteiger partial charge in [0.25, 0.3) is 0 Å². The summed E-state index contributed by atoms with van der Waals surface area (Å²) in [4.78, 5) is 49.8. The molecule has 0 unspecified atom stereocenters. The molecule has 1 aromatic rings. The standard InChI is InChI=1S/C25H32O4.C13H18Cl2N2O2/c1-14-11-19-20(23(5)9-7-18(28)13-21(14)23)8-10-24(6)22(19)12-15(2)25(24,16(3)26)29-17(4)27;14-5-7-17(8-6-15)11-3-1-10(2-4-11)9-12(16)13(18)19/h11,13,19-20,22H,2,7-10,12H2,1,3-6H3;1-4,12H,5-9,16H2,(H,18,19)/t19-,20+,22+,23-,24+,25+;12-/m10/s1. The molecule has 0 amide bonds. The van der Waals surface area contributed by atoms with E-state index >= 15 is 0 Å². The number of aliphatic carboxylic acids is 1. The number of allylic oxidation sites excluding steroid dienone is 4. The third-order valence-corrected chi connectivity index (χ3v) is 11.9. The van der Waals surface area contributed by atoms with Crippen molar-refractivity contribution in [3.05, 3.63) is 65.3 Å². The quantitative estimate of drug-likeness (QED) is 0.158. The van der Waals surface area contributed by atoms with E-state index in [0.717, 1.165) is 49.2 Å². The van der Waals surface area contributed by atoms with Gasteiger partial charge in [-0.25, -0.2) is 0 Å². The minimum Gasteiger partial charge on any atom is -0.480 e. The van der Waals surface area contributed by atoms with Crippen LogP contribution in [0.25, 0.3) is 0 Å². The maximum absolute atomic E-state index is 12.9. The lowest BCUT2D eigenvalue weighted by Gasteiger charge is -2.57. The molecule has 8 nitrogen and oxygen atoms in total. The van der Waals surface area contributed by atoms with Crippen molar-refractivity contribution in [1.82, 2.24) is 0 Å². The number of carboxylic acids is 1. The Morgan fingerprint density at radius 1 is 1.08 bits per heavy atom. The number of fused-ring (bicyclic) bond motifs is 5. The number of carbonyl (C=O) groups excluding carboxylic acids is 3. The molecule has 0 radical (unpaired) electrons. The van der Waals surface area contributed by atoms with Gasteiger partial charge >= 0.3 is 11.9 Å². The molecule has 3 N–H and O–H groups in total. The molecule has 5 rings (SSSR count). The minimum atomic E-state index is -1.23. The molecule has 48 heavy (non-hydrogen) atoms. The zero-order valence-electron chi connectivity index (χ0n) is 28.8. The van der Waals surface area contributed by atoms with Crippen molar-refractivity contribution in [2.24, 2.45) is 34.3 Å². The van der Waals surface area contributed by atoms with Gasteiger partial charge in [0.1, 0.15) is 6.04 Å². The van der Waals surface area contributed by atoms with Gasteiger partial charge in [-0.15, -0.1) is 23.2 Å². The van der Waals surface area contributed by atoms with Gasteiger partial charge in [-0.05, 0) is 104 Å². The summed E-state index contributed by atoms with van der Waals surface area (Å²) < 4.78 is 5.83. The molecule has 0 aliphatic heterocycles. The molecule has 7 atom stereocenters. The van der Waals surface area contributed by atoms with Crippen molar-refractivity contribution in [3.63, 3.8) is 0 Å². The number of anilines is 1. The summed E-state index contributed by atoms with van der Waals surface area (Å²) in [6.45, 7) is 15.1. The first kappa shape index (κ1) is 37.9. The molecule has 0 bridgehead atoms. The summed E-state index contributed by atoms with van der Waals surface area (Å²) in [5, 5.41) is 8.76. The number of halogens is 2. The van der Waals surface area contributed by atoms with E-state index in [0.29, 0.717) is 36.9 Å². The lowest BCUT2D eigenvalue weighted by molar-refractivity contribution is -0.179. The van der Waals surface area contributed by atoms with E-state index in [1.807, 2.05) is 30.3 Å². The van der Waals surface area contributed by atoms with Crippen molar-refractivity contribution in [1.29, 1.82) is 0 Å². The summed E-state index contributed by atoms with van der Waals surface area (Å²) in [6, 6.07) is 6.76. The number of carbonyl (C=O) groups is 4. The molecule has 2 saturated carbocycles. The van der Waals surface area contributed by atoms with Crippen LogP contribution >= 0.6 is 23.2 Å². The highest BCUT2D eigenvalue weighted by atomic mass is 35.5. The van der Waals surface area contributed by atoms with Crippen LogP contribution in [0.5, 0.6) is 0 Å². The molecule has 1 aromatic carbocycles. The highest BCUT2D eigenvalue weighted by Crippen LogP contribution is 2.68. The second-order valence-corrected chi connectivity index (χ2v) is 15.1. The van der Waals surface area contributed by atoms with Crippen LogP contribution in [0.3, 0.4) is 0 Å². The Morgan fingerprint density at radius 2 is 1.71 bits per heavy atom. The van der Waals surface area contributed by atoms with Gasteiger partial charge in [0.15, 0.2) is 17.2 Å². The molecule has 4 aliphatic rings. The highest BCUT2D eigenvalue weighted by molar-refractivity contribution is 6.18. The summed E-state index contributed by atoms with van der Waals surface area (Å²) in [5.41, 5.74) is 8.85. The number of ether oxygens (including phenoxy) is 1. The average molecular weight is 702 g/mol. The third-order valence-electron chi connectivity index (χ3n) is 11.6. The molecular weight excluding hydrogens is 651 g/mol. The van der Waals surface area contributed by atoms with E-state index in [9.17, 15) is 19.2 Å². The highest BCUT2D eigenvalue weighted by Gasteiger charge is 2.69. The predicted molar refractivity (Wildman–Crippen MR) is 190 cm³/mol. The third kappa shape index (κ3) is 6.90. The summed E-state index contributed by atoms with van der Waals surface area (Å²) >= 11 is 11.5. The molecule has 10 heteroatoms. The van der Waals surface area contributed by atoms with E-state index < -0.39 is 29.0 Å². The fourth-order valence-electron chi connectivity index (χ4n) is 9.25. The molecule has 262 valence electrons. The van der Waals surface area contributed by atoms with Gasteiger partial charge in [-0.2, -0.15) is 0 Å². The van der Waals surface area contributed by atoms with Gasteiger partial charge in [-0.3, -0.25) is 19.2 Å². The lowest BCUT2D eigenvalue weighted by atomic mass is 9.47. The average Bonchev–Trinajstić information content (AvgIpc) is 3.25. The molecule has 0 saturated heterocycles. The number of hydrogen-bond donors (Lipinski definition) is 2. The maximum atomic E-state index is 12.9. The van der Waals surface area contributed by atoms with Crippen LogP contribution in [0.2, 0.25) is 0 Å². The van der Waals surface area contributed by atoms with Gasteiger partial charge in [-0.1, -0.05) is 44.2 Å². The first-order valence-corrected chi connectivity index (χ1v) is 17.9.